The van der Waals surface area contributed by atoms with Crippen LogP contribution in [0.4, 0.5) is 0 Å². The molecule has 0 spiro atoms. The number of ether oxygens (including phenoxy) is 1. The Morgan fingerprint density at radius 3 is 1.29 bits per heavy atom. The summed E-state index contributed by atoms with van der Waals surface area (Å²) in [5.41, 5.74) is 0. The third-order valence-electron chi connectivity index (χ3n) is 6.65. The average molecular weight is 486 g/mol. The van der Waals surface area contributed by atoms with E-state index in [-0.39, 0.29) is 12.1 Å². The number of rotatable bonds is 27. The first kappa shape index (κ1) is 33.4. The standard InChI is InChI=1S/C29H59NO4/c1-30(2)25-21-24-29(33)34-28(22-17-13-9-5-3-7-11-15-19-26-31)23-18-14-10-6-4-8-12-16-20-27-32/h28,31-32H,3-27H2,1-2H3. The molecule has 0 heterocycles. The second-order valence-corrected chi connectivity index (χ2v) is 10.4. The highest BCUT2D eigenvalue weighted by atomic mass is 16.5. The number of nitrogens with zero attached hydrogens (tertiary/aromatic N) is 1. The second kappa shape index (κ2) is 26.9. The number of esters is 1. The van der Waals surface area contributed by atoms with E-state index in [9.17, 15) is 4.79 Å². The van der Waals surface area contributed by atoms with E-state index in [2.05, 4.69) is 4.90 Å². The summed E-state index contributed by atoms with van der Waals surface area (Å²) < 4.78 is 5.90. The fourth-order valence-corrected chi connectivity index (χ4v) is 4.49. The lowest BCUT2D eigenvalue weighted by Crippen LogP contribution is -2.20. The van der Waals surface area contributed by atoms with Crippen molar-refractivity contribution in [1.29, 1.82) is 0 Å². The van der Waals surface area contributed by atoms with Gasteiger partial charge in [0.25, 0.3) is 0 Å². The number of hydrogen-bond donors (Lipinski definition) is 2. The molecule has 0 saturated carbocycles. The number of carbonyl (C=O) groups excluding carboxylic acids is 1. The van der Waals surface area contributed by atoms with Crippen LogP contribution in [0.1, 0.15) is 141 Å². The van der Waals surface area contributed by atoms with E-state index in [1.807, 2.05) is 14.1 Å². The zero-order valence-electron chi connectivity index (χ0n) is 22.9. The van der Waals surface area contributed by atoms with Crippen LogP contribution < -0.4 is 0 Å². The van der Waals surface area contributed by atoms with E-state index in [1.165, 1.54) is 77.0 Å². The second-order valence-electron chi connectivity index (χ2n) is 10.4. The molecule has 0 saturated heterocycles. The molecule has 0 amide bonds. The molecule has 0 bridgehead atoms. The van der Waals surface area contributed by atoms with Crippen LogP contribution in [0.25, 0.3) is 0 Å². The maximum absolute atomic E-state index is 12.3. The van der Waals surface area contributed by atoms with E-state index < -0.39 is 0 Å². The van der Waals surface area contributed by atoms with Crippen molar-refractivity contribution in [2.45, 2.75) is 147 Å². The summed E-state index contributed by atoms with van der Waals surface area (Å²) >= 11 is 0. The van der Waals surface area contributed by atoms with Gasteiger partial charge < -0.3 is 19.8 Å². The largest absolute Gasteiger partial charge is 0.462 e. The summed E-state index contributed by atoms with van der Waals surface area (Å²) in [6, 6.07) is 0. The number of carbonyl (C=O) groups is 1. The summed E-state index contributed by atoms with van der Waals surface area (Å²) in [5, 5.41) is 17.7. The predicted octanol–water partition coefficient (Wildman–Crippen LogP) is 7.03. The summed E-state index contributed by atoms with van der Waals surface area (Å²) in [4.78, 5) is 14.4. The van der Waals surface area contributed by atoms with Crippen molar-refractivity contribution in [2.75, 3.05) is 33.9 Å². The molecule has 0 fully saturated rings. The van der Waals surface area contributed by atoms with Crippen molar-refractivity contribution in [1.82, 2.24) is 4.90 Å². The molecular formula is C29H59NO4. The smallest absolute Gasteiger partial charge is 0.306 e. The first-order valence-corrected chi connectivity index (χ1v) is 14.7. The molecule has 5 heteroatoms. The van der Waals surface area contributed by atoms with E-state index in [1.54, 1.807) is 0 Å². The highest BCUT2D eigenvalue weighted by Crippen LogP contribution is 2.18. The molecule has 0 aromatic carbocycles. The van der Waals surface area contributed by atoms with Gasteiger partial charge in [-0.1, -0.05) is 89.9 Å². The molecule has 0 aliphatic carbocycles. The zero-order valence-corrected chi connectivity index (χ0v) is 22.9. The van der Waals surface area contributed by atoms with Crippen molar-refractivity contribution in [3.8, 4) is 0 Å². The minimum absolute atomic E-state index is 0.0161. The number of unbranched alkanes of at least 4 members (excludes halogenated alkanes) is 16. The molecule has 5 nitrogen and oxygen atoms in total. The van der Waals surface area contributed by atoms with Crippen LogP contribution in [0.2, 0.25) is 0 Å². The fourth-order valence-electron chi connectivity index (χ4n) is 4.49. The normalized spacial score (nSPS) is 11.6. The summed E-state index contributed by atoms with van der Waals surface area (Å²) in [6.45, 7) is 1.58. The molecule has 0 aliphatic heterocycles. The maximum atomic E-state index is 12.3. The Bertz CT molecular complexity index is 393. The van der Waals surface area contributed by atoms with Crippen molar-refractivity contribution >= 4 is 5.97 Å². The van der Waals surface area contributed by atoms with Crippen LogP contribution in [0, 0.1) is 0 Å². The van der Waals surface area contributed by atoms with Crippen molar-refractivity contribution < 1.29 is 19.7 Å². The number of aliphatic hydroxyl groups is 2. The van der Waals surface area contributed by atoms with Gasteiger partial charge >= 0.3 is 5.97 Å². The van der Waals surface area contributed by atoms with Gasteiger partial charge in [-0.3, -0.25) is 4.79 Å². The van der Waals surface area contributed by atoms with E-state index in [0.29, 0.717) is 19.6 Å². The molecule has 0 unspecified atom stereocenters. The summed E-state index contributed by atoms with van der Waals surface area (Å²) in [7, 11) is 4.08. The molecule has 0 aromatic heterocycles. The Morgan fingerprint density at radius 2 is 0.941 bits per heavy atom. The van der Waals surface area contributed by atoms with Crippen molar-refractivity contribution in [3.63, 3.8) is 0 Å². The minimum atomic E-state index is -0.0161. The fraction of sp³-hybridized carbons (Fsp3) is 0.966. The van der Waals surface area contributed by atoms with Crippen LogP contribution in [-0.2, 0) is 9.53 Å². The van der Waals surface area contributed by atoms with Gasteiger partial charge in [0.2, 0.25) is 0 Å². The first-order valence-electron chi connectivity index (χ1n) is 14.7. The Balaban J connectivity index is 3.98. The monoisotopic (exact) mass is 485 g/mol. The van der Waals surface area contributed by atoms with Crippen molar-refractivity contribution in [3.05, 3.63) is 0 Å². The van der Waals surface area contributed by atoms with Gasteiger partial charge in [0, 0.05) is 19.6 Å². The molecule has 0 rings (SSSR count). The highest BCUT2D eigenvalue weighted by molar-refractivity contribution is 5.69. The SMILES string of the molecule is CN(C)CCCC(=O)OC(CCCCCCCCCCCO)CCCCCCCCCCCO. The van der Waals surface area contributed by atoms with Crippen LogP contribution in [0.3, 0.4) is 0 Å². The third-order valence-corrected chi connectivity index (χ3v) is 6.65. The molecule has 34 heavy (non-hydrogen) atoms. The Morgan fingerprint density at radius 1 is 0.588 bits per heavy atom. The molecule has 2 N–H and O–H groups in total. The summed E-state index contributed by atoms with van der Waals surface area (Å²) in [6.07, 6.45) is 25.4. The van der Waals surface area contributed by atoms with Gasteiger partial charge in [0.05, 0.1) is 0 Å². The van der Waals surface area contributed by atoms with E-state index >= 15 is 0 Å². The van der Waals surface area contributed by atoms with Crippen LogP contribution in [0.15, 0.2) is 0 Å². The minimum Gasteiger partial charge on any atom is -0.462 e. The summed E-state index contributed by atoms with van der Waals surface area (Å²) in [5.74, 6) is -0.0161. The lowest BCUT2D eigenvalue weighted by atomic mass is 10.0. The first-order chi connectivity index (χ1) is 16.6. The molecule has 0 atom stereocenters. The molecular weight excluding hydrogens is 426 g/mol. The predicted molar refractivity (Wildman–Crippen MR) is 144 cm³/mol. The van der Waals surface area contributed by atoms with E-state index in [0.717, 1.165) is 64.3 Å². The van der Waals surface area contributed by atoms with Gasteiger partial charge in [-0.15, -0.1) is 0 Å². The highest BCUT2D eigenvalue weighted by Gasteiger charge is 2.14. The quantitative estimate of drug-likeness (QED) is 0.0965. The maximum Gasteiger partial charge on any atom is 0.306 e. The Labute approximate surface area is 212 Å². The van der Waals surface area contributed by atoms with Crippen LogP contribution in [-0.4, -0.2) is 61.0 Å². The van der Waals surface area contributed by atoms with Gasteiger partial charge in [-0.05, 0) is 65.6 Å². The Hall–Kier alpha value is -0.650. The molecule has 0 aromatic rings. The zero-order chi connectivity index (χ0) is 25.1. The molecule has 0 aliphatic rings. The van der Waals surface area contributed by atoms with E-state index in [4.69, 9.17) is 14.9 Å². The van der Waals surface area contributed by atoms with Crippen LogP contribution in [0.5, 0.6) is 0 Å². The van der Waals surface area contributed by atoms with Gasteiger partial charge in [-0.2, -0.15) is 0 Å². The van der Waals surface area contributed by atoms with Gasteiger partial charge in [0.1, 0.15) is 6.10 Å². The third kappa shape index (κ3) is 26.0. The van der Waals surface area contributed by atoms with Gasteiger partial charge in [0.15, 0.2) is 0 Å². The Kier molecular flexibility index (Phi) is 26.4. The molecule has 204 valence electrons. The van der Waals surface area contributed by atoms with Gasteiger partial charge in [-0.25, -0.2) is 0 Å². The number of aliphatic hydroxyl groups excluding tert-OH is 2. The lowest BCUT2D eigenvalue weighted by molar-refractivity contribution is -0.150. The average Bonchev–Trinajstić information content (AvgIpc) is 2.81. The molecule has 0 radical (unpaired) electrons. The van der Waals surface area contributed by atoms with Crippen LogP contribution >= 0.6 is 0 Å². The topological polar surface area (TPSA) is 70.0 Å². The number of hydrogen-bond acceptors (Lipinski definition) is 5. The van der Waals surface area contributed by atoms with Crippen molar-refractivity contribution in [2.24, 2.45) is 0 Å². The lowest BCUT2D eigenvalue weighted by Gasteiger charge is -2.18.